The second-order valence-electron chi connectivity index (χ2n) is 4.23. The second-order valence-corrected chi connectivity index (χ2v) is 4.23. The van der Waals surface area contributed by atoms with Gasteiger partial charge in [0.25, 0.3) is 0 Å². The maximum Gasteiger partial charge on any atom is 0.228 e. The molecule has 0 aromatic carbocycles. The van der Waals surface area contributed by atoms with Gasteiger partial charge in [0, 0.05) is 25.7 Å². The SMILES string of the molecule is CC1CCCCN1C(=O)C1CNC1. The van der Waals surface area contributed by atoms with E-state index in [9.17, 15) is 4.79 Å². The number of carbonyl (C=O) groups is 1. The van der Waals surface area contributed by atoms with Gasteiger partial charge in [-0.25, -0.2) is 0 Å². The third-order valence-corrected chi connectivity index (χ3v) is 3.22. The van der Waals surface area contributed by atoms with Crippen LogP contribution in [0, 0.1) is 5.92 Å². The lowest BCUT2D eigenvalue weighted by molar-refractivity contribution is -0.140. The Morgan fingerprint density at radius 2 is 2.15 bits per heavy atom. The summed E-state index contributed by atoms with van der Waals surface area (Å²) in [5, 5.41) is 3.15. The first-order valence-corrected chi connectivity index (χ1v) is 5.30. The highest BCUT2D eigenvalue weighted by molar-refractivity contribution is 5.80. The van der Waals surface area contributed by atoms with Crippen LogP contribution in [0.3, 0.4) is 0 Å². The molecule has 2 saturated heterocycles. The van der Waals surface area contributed by atoms with Crippen molar-refractivity contribution in [2.24, 2.45) is 5.92 Å². The molecule has 74 valence electrons. The summed E-state index contributed by atoms with van der Waals surface area (Å²) in [5.41, 5.74) is 0. The molecule has 2 fully saturated rings. The Labute approximate surface area is 79.5 Å². The van der Waals surface area contributed by atoms with Crippen molar-refractivity contribution in [2.75, 3.05) is 19.6 Å². The molecule has 0 aromatic rings. The van der Waals surface area contributed by atoms with Crippen LogP contribution in [0.25, 0.3) is 0 Å². The zero-order valence-electron chi connectivity index (χ0n) is 8.25. The first-order valence-electron chi connectivity index (χ1n) is 5.30. The van der Waals surface area contributed by atoms with Gasteiger partial charge in [0.1, 0.15) is 0 Å². The standard InChI is InChI=1S/C10H18N2O/c1-8-4-2-3-5-12(8)10(13)9-6-11-7-9/h8-9,11H,2-7H2,1H3. The van der Waals surface area contributed by atoms with Gasteiger partial charge in [0.15, 0.2) is 0 Å². The minimum absolute atomic E-state index is 0.278. The number of nitrogens with one attached hydrogen (secondary N) is 1. The fourth-order valence-electron chi connectivity index (χ4n) is 2.12. The van der Waals surface area contributed by atoms with E-state index in [-0.39, 0.29) is 5.92 Å². The number of amides is 1. The van der Waals surface area contributed by atoms with Gasteiger partial charge in [-0.3, -0.25) is 4.79 Å². The molecule has 2 heterocycles. The Balaban J connectivity index is 1.93. The van der Waals surface area contributed by atoms with Gasteiger partial charge in [-0.05, 0) is 26.2 Å². The van der Waals surface area contributed by atoms with Crippen molar-refractivity contribution in [3.8, 4) is 0 Å². The fraction of sp³-hybridized carbons (Fsp3) is 0.900. The highest BCUT2D eigenvalue weighted by atomic mass is 16.2. The lowest BCUT2D eigenvalue weighted by atomic mass is 9.97. The molecule has 3 heteroatoms. The predicted molar refractivity (Wildman–Crippen MR) is 51.4 cm³/mol. The van der Waals surface area contributed by atoms with Crippen molar-refractivity contribution in [3.05, 3.63) is 0 Å². The van der Waals surface area contributed by atoms with Crippen LogP contribution < -0.4 is 5.32 Å². The van der Waals surface area contributed by atoms with E-state index in [1.54, 1.807) is 0 Å². The van der Waals surface area contributed by atoms with Gasteiger partial charge in [-0.2, -0.15) is 0 Å². The molecule has 0 radical (unpaired) electrons. The fourth-order valence-corrected chi connectivity index (χ4v) is 2.12. The van der Waals surface area contributed by atoms with Gasteiger partial charge in [-0.15, -0.1) is 0 Å². The summed E-state index contributed by atoms with van der Waals surface area (Å²) in [6.07, 6.45) is 3.66. The summed E-state index contributed by atoms with van der Waals surface area (Å²) in [6, 6.07) is 0.474. The van der Waals surface area contributed by atoms with Gasteiger partial charge in [0.2, 0.25) is 5.91 Å². The molecule has 3 nitrogen and oxygen atoms in total. The number of hydrogen-bond acceptors (Lipinski definition) is 2. The van der Waals surface area contributed by atoms with Gasteiger partial charge in [0.05, 0.1) is 5.92 Å². The van der Waals surface area contributed by atoms with Crippen LogP contribution in [0.1, 0.15) is 26.2 Å². The van der Waals surface area contributed by atoms with Crippen molar-refractivity contribution >= 4 is 5.91 Å². The van der Waals surface area contributed by atoms with E-state index in [1.807, 2.05) is 0 Å². The molecule has 0 aromatic heterocycles. The number of piperidine rings is 1. The lowest BCUT2D eigenvalue weighted by Crippen LogP contribution is -2.54. The van der Waals surface area contributed by atoms with Crippen molar-refractivity contribution < 1.29 is 4.79 Å². The Hall–Kier alpha value is -0.570. The molecule has 13 heavy (non-hydrogen) atoms. The Morgan fingerprint density at radius 1 is 1.38 bits per heavy atom. The molecule has 1 amide bonds. The van der Waals surface area contributed by atoms with Crippen LogP contribution in [0.2, 0.25) is 0 Å². The van der Waals surface area contributed by atoms with Gasteiger partial charge >= 0.3 is 0 Å². The quantitative estimate of drug-likeness (QED) is 0.644. The molecule has 0 saturated carbocycles. The summed E-state index contributed by atoms with van der Waals surface area (Å²) < 4.78 is 0. The normalized spacial score (nSPS) is 29.9. The summed E-state index contributed by atoms with van der Waals surface area (Å²) >= 11 is 0. The average molecular weight is 182 g/mol. The van der Waals surface area contributed by atoms with Crippen LogP contribution in [0.15, 0.2) is 0 Å². The van der Waals surface area contributed by atoms with E-state index >= 15 is 0 Å². The highest BCUT2D eigenvalue weighted by Crippen LogP contribution is 2.19. The van der Waals surface area contributed by atoms with E-state index in [0.29, 0.717) is 11.9 Å². The van der Waals surface area contributed by atoms with E-state index in [4.69, 9.17) is 0 Å². The topological polar surface area (TPSA) is 32.3 Å². The summed E-state index contributed by atoms with van der Waals surface area (Å²) in [6.45, 7) is 4.93. The maximum atomic E-state index is 11.9. The largest absolute Gasteiger partial charge is 0.340 e. The van der Waals surface area contributed by atoms with Crippen LogP contribution >= 0.6 is 0 Å². The van der Waals surface area contributed by atoms with E-state index in [0.717, 1.165) is 19.6 Å². The number of likely N-dealkylation sites (tertiary alicyclic amines) is 1. The van der Waals surface area contributed by atoms with Crippen LogP contribution in [-0.4, -0.2) is 36.5 Å². The molecule has 0 aliphatic carbocycles. The Bertz CT molecular complexity index is 201. The molecule has 2 aliphatic heterocycles. The minimum atomic E-state index is 0.278. The third kappa shape index (κ3) is 1.70. The van der Waals surface area contributed by atoms with Gasteiger partial charge < -0.3 is 10.2 Å². The van der Waals surface area contributed by atoms with Crippen molar-refractivity contribution in [1.29, 1.82) is 0 Å². The van der Waals surface area contributed by atoms with E-state index in [1.165, 1.54) is 19.3 Å². The van der Waals surface area contributed by atoms with Crippen molar-refractivity contribution in [2.45, 2.75) is 32.2 Å². The monoisotopic (exact) mass is 182 g/mol. The zero-order chi connectivity index (χ0) is 9.26. The van der Waals surface area contributed by atoms with E-state index in [2.05, 4.69) is 17.1 Å². The smallest absolute Gasteiger partial charge is 0.228 e. The highest BCUT2D eigenvalue weighted by Gasteiger charge is 2.32. The molecule has 1 N–H and O–H groups in total. The third-order valence-electron chi connectivity index (χ3n) is 3.22. The minimum Gasteiger partial charge on any atom is -0.340 e. The molecule has 2 aliphatic rings. The maximum absolute atomic E-state index is 11.9. The molecule has 0 spiro atoms. The molecular weight excluding hydrogens is 164 g/mol. The zero-order valence-corrected chi connectivity index (χ0v) is 8.25. The van der Waals surface area contributed by atoms with Crippen molar-refractivity contribution in [1.82, 2.24) is 10.2 Å². The first-order chi connectivity index (χ1) is 6.29. The average Bonchev–Trinajstić information content (AvgIpc) is 2.01. The lowest BCUT2D eigenvalue weighted by Gasteiger charge is -2.38. The summed E-state index contributed by atoms with van der Waals surface area (Å²) in [5.74, 6) is 0.659. The van der Waals surface area contributed by atoms with Crippen LogP contribution in [0.4, 0.5) is 0 Å². The van der Waals surface area contributed by atoms with E-state index < -0.39 is 0 Å². The number of carbonyl (C=O) groups excluding carboxylic acids is 1. The number of hydrogen-bond donors (Lipinski definition) is 1. The molecular formula is C10H18N2O. The Kier molecular flexibility index (Phi) is 2.54. The summed E-state index contributed by atoms with van der Waals surface area (Å²) in [4.78, 5) is 14.0. The number of nitrogens with zero attached hydrogens (tertiary/aromatic N) is 1. The predicted octanol–water partition coefficient (Wildman–Crippen LogP) is 0.607. The molecule has 0 bridgehead atoms. The summed E-state index contributed by atoms with van der Waals surface area (Å²) in [7, 11) is 0. The second kappa shape index (κ2) is 3.66. The number of rotatable bonds is 1. The molecule has 1 atom stereocenters. The Morgan fingerprint density at radius 3 is 2.69 bits per heavy atom. The van der Waals surface area contributed by atoms with Crippen LogP contribution in [0.5, 0.6) is 0 Å². The van der Waals surface area contributed by atoms with Gasteiger partial charge in [-0.1, -0.05) is 0 Å². The van der Waals surface area contributed by atoms with Crippen molar-refractivity contribution in [3.63, 3.8) is 0 Å². The first kappa shape index (κ1) is 9.00. The molecule has 2 rings (SSSR count). The van der Waals surface area contributed by atoms with Crippen LogP contribution in [-0.2, 0) is 4.79 Å². The molecule has 1 unspecified atom stereocenters.